The minimum Gasteiger partial charge on any atom is -0.858 e. The van der Waals surface area contributed by atoms with Crippen molar-refractivity contribution in [3.05, 3.63) is 82.5 Å². The highest BCUT2D eigenvalue weighted by Gasteiger charge is 2.44. The third-order valence-corrected chi connectivity index (χ3v) is 6.15. The second kappa shape index (κ2) is 9.90. The predicted octanol–water partition coefficient (Wildman–Crippen LogP) is -2.83. The number of nitrogens with zero attached hydrogens (tertiary/aromatic N) is 7. The molecule has 36 heavy (non-hydrogen) atoms. The molecule has 0 spiro atoms. The number of fused-ring (bicyclic) bond motifs is 1. The zero-order chi connectivity index (χ0) is 25.1. The van der Waals surface area contributed by atoms with Gasteiger partial charge in [0, 0.05) is 54.1 Å². The van der Waals surface area contributed by atoms with Gasteiger partial charge in [0.05, 0.1) is 6.54 Å². The lowest BCUT2D eigenvalue weighted by atomic mass is 10.0. The Morgan fingerprint density at radius 1 is 1.03 bits per heavy atom. The molecule has 5 rings (SSSR count). The first-order chi connectivity index (χ1) is 17.5. The van der Waals surface area contributed by atoms with E-state index < -0.39 is 11.6 Å². The van der Waals surface area contributed by atoms with Crippen LogP contribution in [0.4, 0.5) is 0 Å². The van der Waals surface area contributed by atoms with E-state index >= 15 is 0 Å². The van der Waals surface area contributed by atoms with E-state index in [0.29, 0.717) is 23.7 Å². The molecular formula is C25H27N9O2+2. The molecule has 1 aromatic rings. The maximum atomic E-state index is 11.9. The Bertz CT molecular complexity index is 1400. The van der Waals surface area contributed by atoms with E-state index in [1.165, 1.54) is 4.57 Å². The highest BCUT2D eigenvalue weighted by atomic mass is 16.3. The van der Waals surface area contributed by atoms with Crippen molar-refractivity contribution in [2.24, 2.45) is 9.98 Å². The molecule has 0 atom stereocenters. The number of allylic oxidation sites excluding steroid dienone is 6. The zero-order valence-electron chi connectivity index (χ0n) is 19.9. The van der Waals surface area contributed by atoms with Crippen LogP contribution in [0, 0.1) is 6.92 Å². The molecule has 0 aliphatic carbocycles. The van der Waals surface area contributed by atoms with Crippen molar-refractivity contribution in [3.63, 3.8) is 0 Å². The first kappa shape index (κ1) is 23.1. The fraction of sp³-hybridized carbons (Fsp3) is 0.240. The molecule has 0 unspecified atom stereocenters. The van der Waals surface area contributed by atoms with Crippen molar-refractivity contribution in [1.82, 2.24) is 19.4 Å². The smallest absolute Gasteiger partial charge is 0.411 e. The van der Waals surface area contributed by atoms with E-state index in [0.717, 1.165) is 43.0 Å². The van der Waals surface area contributed by atoms with Crippen LogP contribution in [-0.4, -0.2) is 73.6 Å². The molecular weight excluding hydrogens is 458 g/mol. The van der Waals surface area contributed by atoms with Gasteiger partial charge < -0.3 is 14.9 Å². The first-order valence-electron chi connectivity index (χ1n) is 11.7. The van der Waals surface area contributed by atoms with Gasteiger partial charge in [0.15, 0.2) is 0 Å². The van der Waals surface area contributed by atoms with Gasteiger partial charge in [-0.2, -0.15) is 9.57 Å². The normalized spacial score (nSPS) is 18.1. The van der Waals surface area contributed by atoms with Crippen LogP contribution in [0.3, 0.4) is 0 Å². The van der Waals surface area contributed by atoms with E-state index in [1.54, 1.807) is 25.8 Å². The molecule has 11 nitrogen and oxygen atoms in total. The molecule has 0 saturated heterocycles. The molecule has 4 aliphatic heterocycles. The van der Waals surface area contributed by atoms with Crippen LogP contribution in [0.5, 0.6) is 5.88 Å². The maximum absolute atomic E-state index is 11.9. The number of rotatable bonds is 7. The van der Waals surface area contributed by atoms with Crippen molar-refractivity contribution in [3.8, 4) is 5.88 Å². The number of nitrogens with two attached hydrogens (primary N) is 1. The summed E-state index contributed by atoms with van der Waals surface area (Å²) in [6.07, 6.45) is 22.2. The largest absolute Gasteiger partial charge is 0.858 e. The second-order valence-corrected chi connectivity index (χ2v) is 8.63. The molecule has 182 valence electrons. The highest BCUT2D eigenvalue weighted by molar-refractivity contribution is 6.66. The third-order valence-electron chi connectivity index (χ3n) is 6.15. The summed E-state index contributed by atoms with van der Waals surface area (Å²) in [6, 6.07) is 0. The van der Waals surface area contributed by atoms with Gasteiger partial charge in [0.25, 0.3) is 0 Å². The van der Waals surface area contributed by atoms with Crippen LogP contribution in [0.1, 0.15) is 12.0 Å². The maximum Gasteiger partial charge on any atom is 0.411 e. The molecule has 0 aromatic carbocycles. The summed E-state index contributed by atoms with van der Waals surface area (Å²) in [4.78, 5) is 31.1. The van der Waals surface area contributed by atoms with Crippen LogP contribution >= 0.6 is 0 Å². The molecule has 4 aliphatic rings. The number of aryl methyl sites for hydroxylation is 2. The lowest BCUT2D eigenvalue weighted by molar-refractivity contribution is -0.470. The van der Waals surface area contributed by atoms with Crippen molar-refractivity contribution < 1.29 is 20.1 Å². The zero-order valence-corrected chi connectivity index (χ0v) is 19.9. The lowest BCUT2D eigenvalue weighted by Crippen LogP contribution is -2.79. The summed E-state index contributed by atoms with van der Waals surface area (Å²) in [5.74, 6) is 0.819. The van der Waals surface area contributed by atoms with E-state index in [2.05, 4.69) is 66.5 Å². The number of aromatic nitrogens is 2. The Morgan fingerprint density at radius 3 is 2.39 bits per heavy atom. The van der Waals surface area contributed by atoms with E-state index in [4.69, 9.17) is 5.41 Å². The quantitative estimate of drug-likeness (QED) is 0.402. The van der Waals surface area contributed by atoms with Gasteiger partial charge in [0.1, 0.15) is 6.54 Å². The van der Waals surface area contributed by atoms with Crippen molar-refractivity contribution in [2.75, 3.05) is 19.6 Å². The van der Waals surface area contributed by atoms with Crippen molar-refractivity contribution >= 4 is 30.1 Å². The van der Waals surface area contributed by atoms with Gasteiger partial charge in [-0.05, 0) is 60.2 Å². The molecule has 1 aromatic heterocycles. The average Bonchev–Trinajstić information content (AvgIpc) is 3.31. The second-order valence-electron chi connectivity index (χ2n) is 8.63. The summed E-state index contributed by atoms with van der Waals surface area (Å²) in [5.41, 5.74) is 2.92. The molecule has 0 amide bonds. The van der Waals surface area contributed by atoms with E-state index in [9.17, 15) is 9.90 Å². The van der Waals surface area contributed by atoms with Crippen molar-refractivity contribution in [1.29, 1.82) is 0 Å². The molecule has 0 radical (unpaired) electrons. The number of hydrogen-bond donors (Lipinski definition) is 2. The minimum atomic E-state index is -0.494. The molecule has 0 saturated carbocycles. The van der Waals surface area contributed by atoms with Gasteiger partial charge in [-0.3, -0.25) is 9.98 Å². The average molecular weight is 486 g/mol. The summed E-state index contributed by atoms with van der Waals surface area (Å²) in [6.45, 7) is 4.46. The number of hydrogen-bond acceptors (Lipinski definition) is 6. The number of nitrogens with one attached hydrogen (secondary N) is 1. The SMILES string of the molecule is Cc1cn(CCCN2C=CC(=C3C=CN(CC[N+]4=CN=C5C(=[NH2+])N=C[NH+]=C54)C=C3)C=C2)c(=O)nc1[O-]. The first-order valence-corrected chi connectivity index (χ1v) is 11.7. The van der Waals surface area contributed by atoms with Gasteiger partial charge in [-0.1, -0.05) is 0 Å². The predicted molar refractivity (Wildman–Crippen MR) is 134 cm³/mol. The van der Waals surface area contributed by atoms with Gasteiger partial charge in [-0.15, -0.1) is 0 Å². The summed E-state index contributed by atoms with van der Waals surface area (Å²) in [5, 5.41) is 17.3. The van der Waals surface area contributed by atoms with Crippen LogP contribution in [0.2, 0.25) is 0 Å². The van der Waals surface area contributed by atoms with E-state index in [-0.39, 0.29) is 0 Å². The van der Waals surface area contributed by atoms with Gasteiger partial charge >= 0.3 is 35.7 Å². The van der Waals surface area contributed by atoms with Crippen LogP contribution < -0.4 is 21.2 Å². The minimum absolute atomic E-state index is 0.418. The fourth-order valence-corrected chi connectivity index (χ4v) is 4.10. The Kier molecular flexibility index (Phi) is 6.35. The molecule has 0 fully saturated rings. The summed E-state index contributed by atoms with van der Waals surface area (Å²) < 4.78 is 3.52. The van der Waals surface area contributed by atoms with Crippen molar-refractivity contribution in [2.45, 2.75) is 19.9 Å². The molecule has 11 heteroatoms. The summed E-state index contributed by atoms with van der Waals surface area (Å²) in [7, 11) is 0. The molecule has 0 bridgehead atoms. The highest BCUT2D eigenvalue weighted by Crippen LogP contribution is 2.19. The number of amidine groups is 2. The van der Waals surface area contributed by atoms with Gasteiger partial charge in [0.2, 0.25) is 0 Å². The van der Waals surface area contributed by atoms with Crippen LogP contribution in [0.15, 0.2) is 81.2 Å². The Labute approximate surface area is 207 Å². The summed E-state index contributed by atoms with van der Waals surface area (Å²) >= 11 is 0. The lowest BCUT2D eigenvalue weighted by Gasteiger charge is -2.21. The standard InChI is InChI=1S/C25H25N9O2/c1-18-15-33(25(36)30-24(18)35)8-2-7-31-9-3-19(4-10-31)20-5-11-32(12-6-20)13-14-34-17-29-21-22(26)27-16-28-23(21)34/h3-6,9-12,15-17,26H,2,7-8,13-14H2,1H3/p+2. The Balaban J connectivity index is 1.10. The Hall–Kier alpha value is -4.67. The van der Waals surface area contributed by atoms with Crippen LogP contribution in [-0.2, 0) is 6.54 Å². The van der Waals surface area contributed by atoms with E-state index in [1.807, 2.05) is 17.0 Å². The monoisotopic (exact) mass is 485 g/mol. The topological polar surface area (TPSA) is 132 Å². The Morgan fingerprint density at radius 2 is 1.69 bits per heavy atom. The third kappa shape index (κ3) is 4.90. The van der Waals surface area contributed by atoms with Gasteiger partial charge in [-0.25, -0.2) is 9.78 Å². The number of aliphatic imine (C=N–C) groups is 2. The van der Waals surface area contributed by atoms with Crippen LogP contribution in [0.25, 0.3) is 0 Å². The molecule has 5 heterocycles. The fourth-order valence-electron chi connectivity index (χ4n) is 4.10. The molecule has 3 N–H and O–H groups in total.